The lowest BCUT2D eigenvalue weighted by atomic mass is 10.3. The molecule has 2 N–H and O–H groups in total. The molecule has 1 rings (SSSR count). The van der Waals surface area contributed by atoms with E-state index in [0.29, 0.717) is 24.7 Å². The minimum atomic E-state index is 0.299. The highest BCUT2D eigenvalue weighted by molar-refractivity contribution is 5.78. The van der Waals surface area contributed by atoms with Gasteiger partial charge in [-0.25, -0.2) is 4.99 Å². The smallest absolute Gasteiger partial charge is 0.191 e. The summed E-state index contributed by atoms with van der Waals surface area (Å²) in [6.45, 7) is 5.75. The zero-order valence-electron chi connectivity index (χ0n) is 9.36. The van der Waals surface area contributed by atoms with Gasteiger partial charge in [-0.15, -0.1) is 0 Å². The molecule has 14 heavy (non-hydrogen) atoms. The maximum Gasteiger partial charge on any atom is 0.191 e. The molecule has 0 saturated heterocycles. The topological polar surface area (TPSA) is 50.8 Å². The van der Waals surface area contributed by atoms with Crippen molar-refractivity contribution >= 4 is 5.96 Å². The third kappa shape index (κ3) is 3.18. The average molecular weight is 199 g/mol. The molecule has 0 aromatic heterocycles. The van der Waals surface area contributed by atoms with Gasteiger partial charge in [-0.3, -0.25) is 0 Å². The number of ether oxygens (including phenoxy) is 1. The Morgan fingerprint density at radius 2 is 2.29 bits per heavy atom. The summed E-state index contributed by atoms with van der Waals surface area (Å²) >= 11 is 0. The Balaban J connectivity index is 2.49. The standard InChI is InChI=1S/C10H21N3O/c1-4-13(8(2)7-14-3)10(11)12-9-5-6-9/h8-9H,4-7H2,1-3H3,(H2,11,12). The molecule has 4 heteroatoms. The molecule has 1 saturated carbocycles. The lowest BCUT2D eigenvalue weighted by Crippen LogP contribution is -2.45. The van der Waals surface area contributed by atoms with Crippen molar-refractivity contribution in [3.63, 3.8) is 0 Å². The number of aliphatic imine (C=N–C) groups is 1. The van der Waals surface area contributed by atoms with Crippen molar-refractivity contribution in [1.29, 1.82) is 0 Å². The minimum absolute atomic E-state index is 0.299. The summed E-state index contributed by atoms with van der Waals surface area (Å²) in [5, 5.41) is 0. The number of nitrogens with zero attached hydrogens (tertiary/aromatic N) is 2. The van der Waals surface area contributed by atoms with E-state index in [1.54, 1.807) is 7.11 Å². The predicted octanol–water partition coefficient (Wildman–Crippen LogP) is 0.820. The summed E-state index contributed by atoms with van der Waals surface area (Å²) in [6, 6.07) is 0.784. The molecule has 4 nitrogen and oxygen atoms in total. The van der Waals surface area contributed by atoms with Crippen LogP contribution >= 0.6 is 0 Å². The van der Waals surface area contributed by atoms with Crippen LogP contribution in [0.5, 0.6) is 0 Å². The van der Waals surface area contributed by atoms with Gasteiger partial charge in [0.05, 0.1) is 18.7 Å². The van der Waals surface area contributed by atoms with Crippen molar-refractivity contribution in [3.05, 3.63) is 0 Å². The quantitative estimate of drug-likeness (QED) is 0.527. The first-order chi connectivity index (χ1) is 6.69. The Hall–Kier alpha value is -0.770. The third-order valence-electron chi connectivity index (χ3n) is 2.44. The van der Waals surface area contributed by atoms with Crippen molar-refractivity contribution in [2.24, 2.45) is 10.7 Å². The molecule has 0 aliphatic heterocycles. The van der Waals surface area contributed by atoms with Crippen molar-refractivity contribution in [2.75, 3.05) is 20.3 Å². The SMILES string of the molecule is CCN(C(N)=NC1CC1)C(C)COC. The Morgan fingerprint density at radius 1 is 1.64 bits per heavy atom. The van der Waals surface area contributed by atoms with Crippen LogP contribution in [0.3, 0.4) is 0 Å². The number of methoxy groups -OCH3 is 1. The second-order valence-electron chi connectivity index (χ2n) is 3.81. The van der Waals surface area contributed by atoms with E-state index in [4.69, 9.17) is 10.5 Å². The molecule has 1 atom stereocenters. The molecule has 1 aliphatic carbocycles. The van der Waals surface area contributed by atoms with E-state index in [-0.39, 0.29) is 0 Å². The van der Waals surface area contributed by atoms with E-state index >= 15 is 0 Å². The molecule has 0 heterocycles. The van der Waals surface area contributed by atoms with E-state index in [1.807, 2.05) is 0 Å². The van der Waals surface area contributed by atoms with Crippen molar-refractivity contribution in [3.8, 4) is 0 Å². The number of nitrogens with two attached hydrogens (primary N) is 1. The largest absolute Gasteiger partial charge is 0.383 e. The molecule has 1 fully saturated rings. The lowest BCUT2D eigenvalue weighted by molar-refractivity contribution is 0.137. The number of likely N-dealkylation sites (N-methyl/N-ethyl adjacent to an activating group) is 1. The van der Waals surface area contributed by atoms with Crippen LogP contribution in [0.1, 0.15) is 26.7 Å². The Bertz CT molecular complexity index is 202. The zero-order chi connectivity index (χ0) is 10.6. The maximum atomic E-state index is 5.92. The summed E-state index contributed by atoms with van der Waals surface area (Å²) in [7, 11) is 1.71. The number of guanidine groups is 1. The van der Waals surface area contributed by atoms with E-state index in [1.165, 1.54) is 12.8 Å². The molecule has 0 bridgehead atoms. The van der Waals surface area contributed by atoms with Crippen LogP contribution in [0.2, 0.25) is 0 Å². The Kier molecular flexibility index (Phi) is 4.20. The number of rotatable bonds is 5. The van der Waals surface area contributed by atoms with Crippen LogP contribution in [-0.2, 0) is 4.74 Å². The number of hydrogen-bond donors (Lipinski definition) is 1. The van der Waals surface area contributed by atoms with E-state index in [2.05, 4.69) is 23.7 Å². The third-order valence-corrected chi connectivity index (χ3v) is 2.44. The molecule has 82 valence electrons. The van der Waals surface area contributed by atoms with Gasteiger partial charge in [0.25, 0.3) is 0 Å². The normalized spacial score (nSPS) is 19.5. The Morgan fingerprint density at radius 3 is 2.71 bits per heavy atom. The van der Waals surface area contributed by atoms with Crippen molar-refractivity contribution in [2.45, 2.75) is 38.8 Å². The molecule has 1 aliphatic rings. The van der Waals surface area contributed by atoms with Crippen LogP contribution in [0.15, 0.2) is 4.99 Å². The summed E-state index contributed by atoms with van der Waals surface area (Å²) in [5.41, 5.74) is 5.92. The molecular weight excluding hydrogens is 178 g/mol. The van der Waals surface area contributed by atoms with Gasteiger partial charge >= 0.3 is 0 Å². The fourth-order valence-corrected chi connectivity index (χ4v) is 1.50. The highest BCUT2D eigenvalue weighted by atomic mass is 16.5. The Labute approximate surface area is 86.1 Å². The zero-order valence-corrected chi connectivity index (χ0v) is 9.36. The van der Waals surface area contributed by atoms with Gasteiger partial charge in [-0.05, 0) is 26.7 Å². The highest BCUT2D eigenvalue weighted by Gasteiger charge is 2.22. The van der Waals surface area contributed by atoms with Gasteiger partial charge in [0.1, 0.15) is 0 Å². The minimum Gasteiger partial charge on any atom is -0.383 e. The van der Waals surface area contributed by atoms with Gasteiger partial charge < -0.3 is 15.4 Å². The van der Waals surface area contributed by atoms with Gasteiger partial charge in [0.15, 0.2) is 5.96 Å². The summed E-state index contributed by atoms with van der Waals surface area (Å²) in [5.74, 6) is 0.666. The van der Waals surface area contributed by atoms with E-state index < -0.39 is 0 Å². The highest BCUT2D eigenvalue weighted by Crippen LogP contribution is 2.23. The molecule has 0 radical (unpaired) electrons. The molecule has 0 aromatic rings. The predicted molar refractivity (Wildman–Crippen MR) is 58.4 cm³/mol. The van der Waals surface area contributed by atoms with E-state index in [9.17, 15) is 0 Å². The monoisotopic (exact) mass is 199 g/mol. The van der Waals surface area contributed by atoms with Crippen molar-refractivity contribution in [1.82, 2.24) is 4.90 Å². The van der Waals surface area contributed by atoms with Crippen LogP contribution in [0, 0.1) is 0 Å². The first-order valence-corrected chi connectivity index (χ1v) is 5.27. The summed E-state index contributed by atoms with van der Waals surface area (Å²) < 4.78 is 5.10. The van der Waals surface area contributed by atoms with Crippen LogP contribution in [0.25, 0.3) is 0 Å². The fraction of sp³-hybridized carbons (Fsp3) is 0.900. The molecule has 0 aromatic carbocycles. The maximum absolute atomic E-state index is 5.92. The average Bonchev–Trinajstić information content (AvgIpc) is 2.90. The summed E-state index contributed by atoms with van der Waals surface area (Å²) in [4.78, 5) is 6.51. The summed E-state index contributed by atoms with van der Waals surface area (Å²) in [6.07, 6.45) is 2.38. The fourth-order valence-electron chi connectivity index (χ4n) is 1.50. The van der Waals surface area contributed by atoms with Crippen molar-refractivity contribution < 1.29 is 4.74 Å². The second-order valence-corrected chi connectivity index (χ2v) is 3.81. The first kappa shape index (κ1) is 11.3. The van der Waals surface area contributed by atoms with Gasteiger partial charge in [-0.1, -0.05) is 0 Å². The van der Waals surface area contributed by atoms with Gasteiger partial charge in [-0.2, -0.15) is 0 Å². The van der Waals surface area contributed by atoms with Crippen LogP contribution in [-0.4, -0.2) is 43.2 Å². The lowest BCUT2D eigenvalue weighted by Gasteiger charge is -2.28. The molecule has 0 spiro atoms. The molecule has 1 unspecified atom stereocenters. The number of hydrogen-bond acceptors (Lipinski definition) is 2. The molecule has 0 amide bonds. The van der Waals surface area contributed by atoms with Crippen LogP contribution in [0.4, 0.5) is 0 Å². The molecular formula is C10H21N3O. The van der Waals surface area contributed by atoms with Crippen LogP contribution < -0.4 is 5.73 Å². The van der Waals surface area contributed by atoms with Gasteiger partial charge in [0, 0.05) is 13.7 Å². The van der Waals surface area contributed by atoms with Gasteiger partial charge in [0.2, 0.25) is 0 Å². The van der Waals surface area contributed by atoms with E-state index in [0.717, 1.165) is 6.54 Å². The second kappa shape index (κ2) is 5.20. The first-order valence-electron chi connectivity index (χ1n) is 5.27.